The predicted molar refractivity (Wildman–Crippen MR) is 117 cm³/mol. The summed E-state index contributed by atoms with van der Waals surface area (Å²) in [5, 5.41) is 15.6. The fourth-order valence-corrected chi connectivity index (χ4v) is 4.75. The lowest BCUT2D eigenvalue weighted by molar-refractivity contribution is -0.128. The summed E-state index contributed by atoms with van der Waals surface area (Å²) in [6, 6.07) is 3.28. The van der Waals surface area contributed by atoms with Gasteiger partial charge in [-0.25, -0.2) is 0 Å². The Kier molecular flexibility index (Phi) is 7.36. The molecule has 1 aliphatic carbocycles. The molecule has 2 fully saturated rings. The molecule has 2 aliphatic rings. The fraction of sp³-hybridized carbons (Fsp3) is 0.625. The first-order valence-electron chi connectivity index (χ1n) is 11.3. The highest BCUT2D eigenvalue weighted by Crippen LogP contribution is 2.41. The number of hydrogen-bond donors (Lipinski definition) is 3. The van der Waals surface area contributed by atoms with Crippen LogP contribution in [-0.4, -0.2) is 47.5 Å². The molecule has 0 spiro atoms. The van der Waals surface area contributed by atoms with Crippen LogP contribution >= 0.6 is 0 Å². The highest BCUT2D eigenvalue weighted by molar-refractivity contribution is 5.99. The maximum absolute atomic E-state index is 13.2. The quantitative estimate of drug-likeness (QED) is 0.588. The normalized spacial score (nSPS) is 23.5. The third-order valence-electron chi connectivity index (χ3n) is 6.71. The number of aromatic hydroxyl groups is 1. The van der Waals surface area contributed by atoms with Gasteiger partial charge in [0.25, 0.3) is 5.91 Å². The average molecular weight is 431 g/mol. The standard InChI is InChI=1S/C24H34N2O5/c1-4-15-12-16(8-9-18(15)27)22(29)25-17(13-24(3)10-6-7-11-24)23(30)26-21-19(28)14-31-20(21)5-2/h8-9,12,17,20-21,27H,4-7,10-11,13-14H2,1-3H3,(H,25,29)(H,26,30)/t17?,20-,21+/m0/s1. The predicted octanol–water partition coefficient (Wildman–Crippen LogP) is 2.89. The zero-order chi connectivity index (χ0) is 22.6. The molecule has 1 aromatic rings. The van der Waals surface area contributed by atoms with Crippen LogP contribution in [0.1, 0.15) is 75.2 Å². The van der Waals surface area contributed by atoms with Crippen LogP contribution in [0.5, 0.6) is 5.75 Å². The van der Waals surface area contributed by atoms with Gasteiger partial charge in [0.2, 0.25) is 5.91 Å². The molecule has 3 N–H and O–H groups in total. The highest BCUT2D eigenvalue weighted by Gasteiger charge is 2.39. The number of amides is 2. The van der Waals surface area contributed by atoms with Gasteiger partial charge in [-0.1, -0.05) is 33.6 Å². The first-order chi connectivity index (χ1) is 14.8. The van der Waals surface area contributed by atoms with Crippen LogP contribution in [0.3, 0.4) is 0 Å². The smallest absolute Gasteiger partial charge is 0.251 e. The van der Waals surface area contributed by atoms with Crippen LogP contribution < -0.4 is 10.6 Å². The third-order valence-corrected chi connectivity index (χ3v) is 6.71. The van der Waals surface area contributed by atoms with Gasteiger partial charge in [0.1, 0.15) is 24.4 Å². The number of hydrogen-bond acceptors (Lipinski definition) is 5. The topological polar surface area (TPSA) is 105 Å². The van der Waals surface area contributed by atoms with Gasteiger partial charge in [-0.05, 0) is 61.3 Å². The van der Waals surface area contributed by atoms with E-state index in [1.807, 2.05) is 13.8 Å². The second kappa shape index (κ2) is 9.81. The lowest BCUT2D eigenvalue weighted by atomic mass is 9.81. The molecule has 0 aromatic heterocycles. The van der Waals surface area contributed by atoms with Crippen LogP contribution in [0, 0.1) is 5.41 Å². The Morgan fingerprint density at radius 3 is 2.61 bits per heavy atom. The molecule has 1 aromatic carbocycles. The van der Waals surface area contributed by atoms with E-state index in [4.69, 9.17) is 4.74 Å². The molecule has 2 amide bonds. The van der Waals surface area contributed by atoms with Gasteiger partial charge in [-0.3, -0.25) is 14.4 Å². The number of rotatable bonds is 8. The van der Waals surface area contributed by atoms with Crippen molar-refractivity contribution in [2.75, 3.05) is 6.61 Å². The number of ketones is 1. The Morgan fingerprint density at radius 2 is 1.97 bits per heavy atom. The number of Topliss-reactive ketones (excluding diaryl/α,β-unsaturated/α-hetero) is 1. The van der Waals surface area contributed by atoms with Crippen LogP contribution in [-0.2, 0) is 20.7 Å². The summed E-state index contributed by atoms with van der Waals surface area (Å²) in [4.78, 5) is 38.4. The Morgan fingerprint density at radius 1 is 1.26 bits per heavy atom. The van der Waals surface area contributed by atoms with Crippen LogP contribution in [0.4, 0.5) is 0 Å². The van der Waals surface area contributed by atoms with E-state index < -0.39 is 12.1 Å². The SMILES string of the molecule is CCc1cc(C(=O)NC(CC2(C)CCCC2)C(=O)N[C@@H]2C(=O)CO[C@H]2CC)ccc1O. The second-order valence-electron chi connectivity index (χ2n) is 9.16. The molecule has 7 nitrogen and oxygen atoms in total. The Bertz CT molecular complexity index is 831. The summed E-state index contributed by atoms with van der Waals surface area (Å²) in [6.07, 6.45) is 5.65. The summed E-state index contributed by atoms with van der Waals surface area (Å²) < 4.78 is 5.47. The Balaban J connectivity index is 1.78. The van der Waals surface area contributed by atoms with Gasteiger partial charge in [-0.2, -0.15) is 0 Å². The zero-order valence-electron chi connectivity index (χ0n) is 18.7. The molecule has 3 rings (SSSR count). The van der Waals surface area contributed by atoms with Crippen molar-refractivity contribution in [1.82, 2.24) is 10.6 Å². The largest absolute Gasteiger partial charge is 0.508 e. The number of phenolic OH excluding ortho intramolecular Hbond substituents is 1. The molecule has 1 saturated heterocycles. The second-order valence-corrected chi connectivity index (χ2v) is 9.16. The number of benzene rings is 1. The molecule has 3 atom stereocenters. The molecule has 0 bridgehead atoms. The number of carbonyl (C=O) groups excluding carboxylic acids is 3. The van der Waals surface area contributed by atoms with Crippen LogP contribution in [0.2, 0.25) is 0 Å². The molecular formula is C24H34N2O5. The van der Waals surface area contributed by atoms with Gasteiger partial charge >= 0.3 is 0 Å². The van der Waals surface area contributed by atoms with Crippen molar-refractivity contribution in [1.29, 1.82) is 0 Å². The van der Waals surface area contributed by atoms with Crippen LogP contribution in [0.15, 0.2) is 18.2 Å². The van der Waals surface area contributed by atoms with E-state index in [9.17, 15) is 19.5 Å². The maximum atomic E-state index is 13.2. The first-order valence-corrected chi connectivity index (χ1v) is 11.3. The first kappa shape index (κ1) is 23.3. The van der Waals surface area contributed by atoms with Crippen molar-refractivity contribution in [2.45, 2.75) is 83.9 Å². The minimum absolute atomic E-state index is 0.00545. The average Bonchev–Trinajstić information content (AvgIpc) is 3.33. The van der Waals surface area contributed by atoms with E-state index in [2.05, 4.69) is 17.6 Å². The lowest BCUT2D eigenvalue weighted by Gasteiger charge is -2.30. The molecule has 1 aliphatic heterocycles. The lowest BCUT2D eigenvalue weighted by Crippen LogP contribution is -2.54. The van der Waals surface area contributed by atoms with Gasteiger partial charge in [0, 0.05) is 5.56 Å². The maximum Gasteiger partial charge on any atom is 0.251 e. The Labute approximate surface area is 183 Å². The van der Waals surface area contributed by atoms with Crippen molar-refractivity contribution in [2.24, 2.45) is 5.41 Å². The summed E-state index contributed by atoms with van der Waals surface area (Å²) in [7, 11) is 0. The van der Waals surface area contributed by atoms with Crippen molar-refractivity contribution in [3.05, 3.63) is 29.3 Å². The highest BCUT2D eigenvalue weighted by atomic mass is 16.5. The van der Waals surface area contributed by atoms with E-state index in [1.165, 1.54) is 6.07 Å². The number of phenols is 1. The van der Waals surface area contributed by atoms with E-state index in [1.54, 1.807) is 12.1 Å². The minimum atomic E-state index is -0.750. The summed E-state index contributed by atoms with van der Waals surface area (Å²) in [5.41, 5.74) is 1.05. The summed E-state index contributed by atoms with van der Waals surface area (Å²) in [5.74, 6) is -0.698. The van der Waals surface area contributed by atoms with E-state index in [-0.39, 0.29) is 41.5 Å². The number of ether oxygens (including phenoxy) is 1. The molecule has 31 heavy (non-hydrogen) atoms. The van der Waals surface area contributed by atoms with E-state index >= 15 is 0 Å². The third kappa shape index (κ3) is 5.45. The molecule has 0 radical (unpaired) electrons. The van der Waals surface area contributed by atoms with Gasteiger partial charge in [0.15, 0.2) is 5.78 Å². The zero-order valence-corrected chi connectivity index (χ0v) is 18.7. The van der Waals surface area contributed by atoms with Gasteiger partial charge in [-0.15, -0.1) is 0 Å². The number of nitrogens with one attached hydrogen (secondary N) is 2. The van der Waals surface area contributed by atoms with Crippen molar-refractivity contribution < 1.29 is 24.2 Å². The van der Waals surface area contributed by atoms with Gasteiger partial charge in [0.05, 0.1) is 6.10 Å². The van der Waals surface area contributed by atoms with Crippen molar-refractivity contribution in [3.8, 4) is 5.75 Å². The molecule has 1 unspecified atom stereocenters. The molecular weight excluding hydrogens is 396 g/mol. The van der Waals surface area contributed by atoms with Crippen molar-refractivity contribution >= 4 is 17.6 Å². The summed E-state index contributed by atoms with van der Waals surface area (Å²) >= 11 is 0. The van der Waals surface area contributed by atoms with Gasteiger partial charge < -0.3 is 20.5 Å². The number of aryl methyl sites for hydroxylation is 1. The molecule has 1 saturated carbocycles. The molecule has 1 heterocycles. The minimum Gasteiger partial charge on any atom is -0.508 e. The molecule has 170 valence electrons. The van der Waals surface area contributed by atoms with Crippen molar-refractivity contribution in [3.63, 3.8) is 0 Å². The summed E-state index contributed by atoms with van der Waals surface area (Å²) in [6.45, 7) is 5.97. The van der Waals surface area contributed by atoms with E-state index in [0.717, 1.165) is 25.7 Å². The monoisotopic (exact) mass is 430 g/mol. The fourth-order valence-electron chi connectivity index (χ4n) is 4.75. The number of carbonyl (C=O) groups is 3. The van der Waals surface area contributed by atoms with Crippen LogP contribution in [0.25, 0.3) is 0 Å². The Hall–Kier alpha value is -2.41. The van der Waals surface area contributed by atoms with E-state index in [0.29, 0.717) is 30.4 Å². The molecule has 7 heteroatoms.